The van der Waals surface area contributed by atoms with Crippen LogP contribution in [0.25, 0.3) is 21.0 Å². The van der Waals surface area contributed by atoms with Crippen LogP contribution in [0, 0.1) is 6.92 Å². The van der Waals surface area contributed by atoms with Crippen molar-refractivity contribution in [2.45, 2.75) is 25.9 Å². The van der Waals surface area contributed by atoms with Crippen LogP contribution in [-0.4, -0.2) is 30.1 Å². The number of amides is 1. The highest BCUT2D eigenvalue weighted by atomic mass is 35.5. The van der Waals surface area contributed by atoms with Crippen LogP contribution >= 0.6 is 22.9 Å². The number of nitrogens with one attached hydrogen (secondary N) is 1. The molecule has 1 fully saturated rings. The van der Waals surface area contributed by atoms with E-state index in [2.05, 4.69) is 16.4 Å². The summed E-state index contributed by atoms with van der Waals surface area (Å²) in [4.78, 5) is 17.6. The number of ether oxygens (including phenoxy) is 1. The van der Waals surface area contributed by atoms with Gasteiger partial charge in [0.15, 0.2) is 0 Å². The molecule has 1 N–H and O–H groups in total. The molecule has 3 aromatic rings. The molecule has 124 valence electrons. The van der Waals surface area contributed by atoms with Gasteiger partial charge in [0.1, 0.15) is 5.15 Å². The van der Waals surface area contributed by atoms with Gasteiger partial charge in [-0.1, -0.05) is 23.2 Å². The molecule has 6 heteroatoms. The third-order valence-corrected chi connectivity index (χ3v) is 5.76. The minimum Gasteiger partial charge on any atom is -0.376 e. The lowest BCUT2D eigenvalue weighted by Crippen LogP contribution is -2.31. The van der Waals surface area contributed by atoms with Crippen molar-refractivity contribution in [2.75, 3.05) is 13.2 Å². The first-order chi connectivity index (χ1) is 11.6. The van der Waals surface area contributed by atoms with Gasteiger partial charge in [-0.05, 0) is 38.0 Å². The molecule has 0 bridgehead atoms. The Bertz CT molecular complexity index is 932. The van der Waals surface area contributed by atoms with Gasteiger partial charge in [0.25, 0.3) is 5.91 Å². The summed E-state index contributed by atoms with van der Waals surface area (Å²) < 4.78 is 6.56. The number of hydrogen-bond acceptors (Lipinski definition) is 4. The predicted molar refractivity (Wildman–Crippen MR) is 98.2 cm³/mol. The number of carbonyl (C=O) groups is 1. The fraction of sp³-hybridized carbons (Fsp3) is 0.333. The van der Waals surface area contributed by atoms with Crippen LogP contribution in [0.15, 0.2) is 24.3 Å². The first-order valence-corrected chi connectivity index (χ1v) is 9.20. The number of aromatic nitrogens is 1. The van der Waals surface area contributed by atoms with Crippen molar-refractivity contribution in [3.63, 3.8) is 0 Å². The lowest BCUT2D eigenvalue weighted by atomic mass is 10.1. The maximum Gasteiger partial charge on any atom is 0.261 e. The van der Waals surface area contributed by atoms with Gasteiger partial charge in [0.2, 0.25) is 0 Å². The van der Waals surface area contributed by atoms with Crippen molar-refractivity contribution >= 4 is 49.8 Å². The standard InChI is InChI=1S/C18H17ClN2O2S/c1-10-4-5-14-12(7-10)16-13(17(19)21-14)8-15(24-16)18(22)20-9-11-3-2-6-23-11/h4-5,7-8,11H,2-3,6,9H2,1H3,(H,20,22). The quantitative estimate of drug-likeness (QED) is 0.708. The maximum atomic E-state index is 12.5. The molecular formula is C18H17ClN2O2S. The number of aryl methyl sites for hydroxylation is 1. The minimum absolute atomic E-state index is 0.0800. The highest BCUT2D eigenvalue weighted by Crippen LogP contribution is 2.36. The summed E-state index contributed by atoms with van der Waals surface area (Å²) in [5.41, 5.74) is 2.01. The maximum absolute atomic E-state index is 12.5. The number of hydrogen-bond donors (Lipinski definition) is 1. The van der Waals surface area contributed by atoms with Gasteiger partial charge < -0.3 is 10.1 Å². The number of rotatable bonds is 3. The van der Waals surface area contributed by atoms with Crippen LogP contribution < -0.4 is 5.32 Å². The molecule has 0 saturated carbocycles. The molecule has 2 aromatic heterocycles. The highest BCUT2D eigenvalue weighted by Gasteiger charge is 2.19. The third-order valence-electron chi connectivity index (χ3n) is 4.31. The number of nitrogens with zero attached hydrogens (tertiary/aromatic N) is 1. The molecule has 1 amide bonds. The van der Waals surface area contributed by atoms with Crippen molar-refractivity contribution < 1.29 is 9.53 Å². The predicted octanol–water partition coefficient (Wildman–Crippen LogP) is 4.32. The number of benzene rings is 1. The van der Waals surface area contributed by atoms with Crippen LogP contribution in [0.1, 0.15) is 28.1 Å². The minimum atomic E-state index is -0.0800. The summed E-state index contributed by atoms with van der Waals surface area (Å²) in [5.74, 6) is -0.0800. The molecule has 0 aliphatic carbocycles. The van der Waals surface area contributed by atoms with Gasteiger partial charge in [-0.3, -0.25) is 4.79 Å². The molecule has 4 nitrogen and oxygen atoms in total. The molecule has 1 saturated heterocycles. The van der Waals surface area contributed by atoms with Crippen molar-refractivity contribution in [3.8, 4) is 0 Å². The first kappa shape index (κ1) is 15.8. The van der Waals surface area contributed by atoms with E-state index in [0.29, 0.717) is 16.6 Å². The smallest absolute Gasteiger partial charge is 0.261 e. The van der Waals surface area contributed by atoms with Crippen LogP contribution in [0.5, 0.6) is 0 Å². The van der Waals surface area contributed by atoms with E-state index in [-0.39, 0.29) is 12.0 Å². The molecule has 3 heterocycles. The van der Waals surface area contributed by atoms with Crippen LogP contribution in [0.4, 0.5) is 0 Å². The molecule has 4 rings (SSSR count). The fourth-order valence-electron chi connectivity index (χ4n) is 3.05. The number of halogens is 1. The Morgan fingerprint density at radius 3 is 3.08 bits per heavy atom. The second kappa shape index (κ2) is 6.31. The van der Waals surface area contributed by atoms with E-state index in [4.69, 9.17) is 16.3 Å². The molecule has 1 aromatic carbocycles. The van der Waals surface area contributed by atoms with Gasteiger partial charge in [0.05, 0.1) is 16.5 Å². The van der Waals surface area contributed by atoms with E-state index >= 15 is 0 Å². The first-order valence-electron chi connectivity index (χ1n) is 8.01. The number of pyridine rings is 1. The second-order valence-electron chi connectivity index (χ2n) is 6.12. The lowest BCUT2D eigenvalue weighted by molar-refractivity contribution is 0.0861. The summed E-state index contributed by atoms with van der Waals surface area (Å²) in [6, 6.07) is 7.90. The van der Waals surface area contributed by atoms with Gasteiger partial charge >= 0.3 is 0 Å². The van der Waals surface area contributed by atoms with Crippen molar-refractivity contribution in [3.05, 3.63) is 39.9 Å². The Kier molecular flexibility index (Phi) is 4.16. The number of thiophene rings is 1. The highest BCUT2D eigenvalue weighted by molar-refractivity contribution is 7.21. The van der Waals surface area contributed by atoms with Gasteiger partial charge in [-0.25, -0.2) is 4.98 Å². The number of carbonyl (C=O) groups excluding carboxylic acids is 1. The van der Waals surface area contributed by atoms with Gasteiger partial charge in [-0.2, -0.15) is 0 Å². The topological polar surface area (TPSA) is 51.2 Å². The van der Waals surface area contributed by atoms with E-state index in [1.54, 1.807) is 0 Å². The molecule has 1 atom stereocenters. The average Bonchev–Trinajstić information content (AvgIpc) is 3.23. The summed E-state index contributed by atoms with van der Waals surface area (Å²) >= 11 is 7.78. The van der Waals surface area contributed by atoms with E-state index in [1.165, 1.54) is 11.3 Å². The van der Waals surface area contributed by atoms with Crippen LogP contribution in [0.2, 0.25) is 5.15 Å². The Labute approximate surface area is 148 Å². The van der Waals surface area contributed by atoms with Crippen LogP contribution in [-0.2, 0) is 4.74 Å². The second-order valence-corrected chi connectivity index (χ2v) is 7.53. The Morgan fingerprint density at radius 1 is 1.42 bits per heavy atom. The van der Waals surface area contributed by atoms with E-state index in [1.807, 2.05) is 25.1 Å². The summed E-state index contributed by atoms with van der Waals surface area (Å²) in [6.07, 6.45) is 2.21. The molecule has 24 heavy (non-hydrogen) atoms. The molecular weight excluding hydrogens is 344 g/mol. The largest absolute Gasteiger partial charge is 0.376 e. The number of fused-ring (bicyclic) bond motifs is 3. The Balaban J connectivity index is 1.69. The van der Waals surface area contributed by atoms with E-state index < -0.39 is 0 Å². The fourth-order valence-corrected chi connectivity index (χ4v) is 4.45. The SMILES string of the molecule is Cc1ccc2nc(Cl)c3cc(C(=O)NCC4CCCO4)sc3c2c1. The van der Waals surface area contributed by atoms with Gasteiger partial charge in [0, 0.05) is 28.6 Å². The normalized spacial score (nSPS) is 17.7. The monoisotopic (exact) mass is 360 g/mol. The Morgan fingerprint density at radius 2 is 2.29 bits per heavy atom. The van der Waals surface area contributed by atoms with E-state index in [0.717, 1.165) is 46.0 Å². The molecule has 1 aliphatic rings. The van der Waals surface area contributed by atoms with Crippen molar-refractivity contribution in [1.82, 2.24) is 10.3 Å². The van der Waals surface area contributed by atoms with E-state index in [9.17, 15) is 4.79 Å². The molecule has 1 unspecified atom stereocenters. The summed E-state index contributed by atoms with van der Waals surface area (Å²) in [7, 11) is 0. The zero-order chi connectivity index (χ0) is 16.7. The van der Waals surface area contributed by atoms with Gasteiger partial charge in [-0.15, -0.1) is 11.3 Å². The van der Waals surface area contributed by atoms with Crippen LogP contribution in [0.3, 0.4) is 0 Å². The average molecular weight is 361 g/mol. The van der Waals surface area contributed by atoms with Crippen molar-refractivity contribution in [1.29, 1.82) is 0 Å². The Hall–Kier alpha value is -1.69. The summed E-state index contributed by atoms with van der Waals surface area (Å²) in [5, 5.41) is 5.28. The molecule has 1 aliphatic heterocycles. The molecule has 0 radical (unpaired) electrons. The zero-order valence-corrected chi connectivity index (χ0v) is 14.8. The lowest BCUT2D eigenvalue weighted by Gasteiger charge is -2.09. The summed E-state index contributed by atoms with van der Waals surface area (Å²) in [6.45, 7) is 3.39. The third kappa shape index (κ3) is 2.88. The zero-order valence-electron chi connectivity index (χ0n) is 13.3. The molecule has 0 spiro atoms. The van der Waals surface area contributed by atoms with Crippen molar-refractivity contribution in [2.24, 2.45) is 0 Å².